The highest BCUT2D eigenvalue weighted by Gasteiger charge is 2.23. The number of rotatable bonds is 7. The van der Waals surface area contributed by atoms with Crippen molar-refractivity contribution in [3.63, 3.8) is 0 Å². The zero-order valence-electron chi connectivity index (χ0n) is 19.5. The number of likely N-dealkylation sites (tertiary alicyclic amines) is 1. The summed E-state index contributed by atoms with van der Waals surface area (Å²) < 4.78 is 0. The molecule has 2 N–H and O–H groups in total. The summed E-state index contributed by atoms with van der Waals surface area (Å²) >= 11 is 0. The van der Waals surface area contributed by atoms with Gasteiger partial charge in [-0.1, -0.05) is 18.2 Å². The summed E-state index contributed by atoms with van der Waals surface area (Å²) in [6.45, 7) is 17.5. The molecule has 0 saturated carbocycles. The molecule has 168 valence electrons. The van der Waals surface area contributed by atoms with Crippen molar-refractivity contribution in [2.75, 3.05) is 57.3 Å². The van der Waals surface area contributed by atoms with Crippen LogP contribution in [0.2, 0.25) is 0 Å². The highest BCUT2D eigenvalue weighted by Crippen LogP contribution is 2.17. The summed E-state index contributed by atoms with van der Waals surface area (Å²) in [7, 11) is 0. The first-order valence-corrected chi connectivity index (χ1v) is 11.9. The number of benzene rings is 1. The van der Waals surface area contributed by atoms with Gasteiger partial charge < -0.3 is 20.4 Å². The molecule has 2 aliphatic heterocycles. The number of aliphatic imine (C=N–C) groups is 1. The number of para-hydroxylation sites is 1. The number of piperazine rings is 1. The van der Waals surface area contributed by atoms with Crippen molar-refractivity contribution in [2.45, 2.75) is 58.7 Å². The van der Waals surface area contributed by atoms with Crippen molar-refractivity contribution in [1.82, 2.24) is 20.4 Å². The molecule has 2 heterocycles. The van der Waals surface area contributed by atoms with Gasteiger partial charge in [-0.2, -0.15) is 0 Å². The molecule has 2 fully saturated rings. The van der Waals surface area contributed by atoms with E-state index in [1.807, 2.05) is 0 Å². The van der Waals surface area contributed by atoms with Gasteiger partial charge in [0.1, 0.15) is 0 Å². The quantitative estimate of drug-likeness (QED) is 0.531. The van der Waals surface area contributed by atoms with Crippen molar-refractivity contribution in [1.29, 1.82) is 0 Å². The highest BCUT2D eigenvalue weighted by molar-refractivity contribution is 5.80. The Balaban J connectivity index is 1.45. The normalized spacial score (nSPS) is 21.1. The third-order valence-electron chi connectivity index (χ3n) is 6.52. The van der Waals surface area contributed by atoms with Gasteiger partial charge >= 0.3 is 0 Å². The number of anilines is 1. The maximum Gasteiger partial charge on any atom is 0.191 e. The minimum atomic E-state index is 0.459. The Morgan fingerprint density at radius 2 is 1.63 bits per heavy atom. The molecular formula is C24H42N6. The largest absolute Gasteiger partial charge is 0.369 e. The summed E-state index contributed by atoms with van der Waals surface area (Å²) in [6.07, 6.45) is 2.39. The van der Waals surface area contributed by atoms with Gasteiger partial charge in [-0.05, 0) is 52.7 Å². The number of piperidine rings is 1. The second-order valence-corrected chi connectivity index (χ2v) is 8.98. The molecule has 2 aliphatic rings. The zero-order valence-corrected chi connectivity index (χ0v) is 19.5. The first kappa shape index (κ1) is 22.9. The second-order valence-electron chi connectivity index (χ2n) is 8.98. The fraction of sp³-hybridized carbons (Fsp3) is 0.708. The van der Waals surface area contributed by atoms with Gasteiger partial charge in [0.2, 0.25) is 0 Å². The average Bonchev–Trinajstić information content (AvgIpc) is 2.78. The van der Waals surface area contributed by atoms with Gasteiger partial charge in [0.05, 0.1) is 6.54 Å². The van der Waals surface area contributed by atoms with Crippen LogP contribution in [0.5, 0.6) is 0 Å². The van der Waals surface area contributed by atoms with Crippen LogP contribution in [0.4, 0.5) is 5.69 Å². The number of hydrogen-bond acceptors (Lipinski definition) is 4. The predicted molar refractivity (Wildman–Crippen MR) is 129 cm³/mol. The van der Waals surface area contributed by atoms with Crippen LogP contribution in [-0.4, -0.2) is 86.2 Å². The van der Waals surface area contributed by atoms with Crippen LogP contribution in [0.3, 0.4) is 0 Å². The Morgan fingerprint density at radius 3 is 2.23 bits per heavy atom. The third-order valence-corrected chi connectivity index (χ3v) is 6.52. The van der Waals surface area contributed by atoms with Crippen LogP contribution >= 0.6 is 0 Å². The molecule has 0 aliphatic carbocycles. The van der Waals surface area contributed by atoms with E-state index in [1.165, 1.54) is 31.6 Å². The minimum absolute atomic E-state index is 0.459. The number of nitrogens with zero attached hydrogens (tertiary/aromatic N) is 4. The molecule has 30 heavy (non-hydrogen) atoms. The predicted octanol–water partition coefficient (Wildman–Crippen LogP) is 2.63. The molecule has 1 aromatic carbocycles. The van der Waals surface area contributed by atoms with E-state index < -0.39 is 0 Å². The van der Waals surface area contributed by atoms with E-state index in [9.17, 15) is 0 Å². The van der Waals surface area contributed by atoms with Gasteiger partial charge in [0, 0.05) is 69.6 Å². The molecule has 0 aromatic heterocycles. The standard InChI is InChI=1S/C24H42N6/c1-5-25-24(27-22-11-13-28(14-12-22)20(2)3)26-19-21(4)29-15-17-30(18-16-29)23-9-7-6-8-10-23/h6-10,20-22H,5,11-19H2,1-4H3,(H2,25,26,27). The Morgan fingerprint density at radius 1 is 0.967 bits per heavy atom. The lowest BCUT2D eigenvalue weighted by atomic mass is 10.0. The van der Waals surface area contributed by atoms with E-state index in [4.69, 9.17) is 4.99 Å². The molecule has 6 nitrogen and oxygen atoms in total. The van der Waals surface area contributed by atoms with Crippen LogP contribution in [0.25, 0.3) is 0 Å². The van der Waals surface area contributed by atoms with Crippen LogP contribution in [0.1, 0.15) is 40.5 Å². The van der Waals surface area contributed by atoms with E-state index in [1.54, 1.807) is 0 Å². The van der Waals surface area contributed by atoms with E-state index in [0.29, 0.717) is 18.1 Å². The lowest BCUT2D eigenvalue weighted by Crippen LogP contribution is -2.51. The van der Waals surface area contributed by atoms with E-state index in [-0.39, 0.29) is 0 Å². The Kier molecular flexibility index (Phi) is 8.82. The minimum Gasteiger partial charge on any atom is -0.369 e. The van der Waals surface area contributed by atoms with Crippen molar-refractivity contribution in [3.8, 4) is 0 Å². The molecule has 3 rings (SSSR count). The monoisotopic (exact) mass is 414 g/mol. The molecule has 0 amide bonds. The number of hydrogen-bond donors (Lipinski definition) is 2. The van der Waals surface area contributed by atoms with Gasteiger partial charge in [0.15, 0.2) is 5.96 Å². The van der Waals surface area contributed by atoms with Gasteiger partial charge in [-0.15, -0.1) is 0 Å². The Hall–Kier alpha value is -1.79. The first-order valence-electron chi connectivity index (χ1n) is 11.9. The molecule has 0 bridgehead atoms. The summed E-state index contributed by atoms with van der Waals surface area (Å²) in [4.78, 5) is 12.6. The average molecular weight is 415 g/mol. The zero-order chi connectivity index (χ0) is 21.3. The fourth-order valence-corrected chi connectivity index (χ4v) is 4.47. The smallest absolute Gasteiger partial charge is 0.191 e. The summed E-state index contributed by atoms with van der Waals surface area (Å²) in [5, 5.41) is 7.14. The van der Waals surface area contributed by atoms with Crippen molar-refractivity contribution >= 4 is 11.6 Å². The van der Waals surface area contributed by atoms with Gasteiger partial charge in [0.25, 0.3) is 0 Å². The van der Waals surface area contributed by atoms with E-state index in [0.717, 1.165) is 45.2 Å². The molecule has 1 unspecified atom stereocenters. The fourth-order valence-electron chi connectivity index (χ4n) is 4.47. The number of nitrogens with one attached hydrogen (secondary N) is 2. The van der Waals surface area contributed by atoms with E-state index >= 15 is 0 Å². The molecule has 1 atom stereocenters. The molecule has 1 aromatic rings. The van der Waals surface area contributed by atoms with Gasteiger partial charge in [-0.25, -0.2) is 0 Å². The summed E-state index contributed by atoms with van der Waals surface area (Å²) in [5.74, 6) is 0.982. The first-order chi connectivity index (χ1) is 14.6. The van der Waals surface area contributed by atoms with Crippen LogP contribution < -0.4 is 15.5 Å². The molecular weight excluding hydrogens is 372 g/mol. The second kappa shape index (κ2) is 11.6. The number of guanidine groups is 1. The summed E-state index contributed by atoms with van der Waals surface area (Å²) in [6, 6.07) is 12.4. The molecule has 6 heteroatoms. The van der Waals surface area contributed by atoms with Crippen LogP contribution in [0.15, 0.2) is 35.3 Å². The topological polar surface area (TPSA) is 46.1 Å². The Bertz CT molecular complexity index is 630. The van der Waals surface area contributed by atoms with E-state index in [2.05, 4.69) is 83.4 Å². The highest BCUT2D eigenvalue weighted by atomic mass is 15.3. The van der Waals surface area contributed by atoms with Crippen molar-refractivity contribution in [2.24, 2.45) is 4.99 Å². The summed E-state index contributed by atoms with van der Waals surface area (Å²) in [5.41, 5.74) is 1.34. The maximum absolute atomic E-state index is 4.94. The van der Waals surface area contributed by atoms with Gasteiger partial charge in [-0.3, -0.25) is 9.89 Å². The lowest BCUT2D eigenvalue weighted by molar-refractivity contribution is 0.167. The Labute approximate surface area is 183 Å². The van der Waals surface area contributed by atoms with Crippen molar-refractivity contribution < 1.29 is 0 Å². The van der Waals surface area contributed by atoms with Crippen LogP contribution in [0, 0.1) is 0 Å². The lowest BCUT2D eigenvalue weighted by Gasteiger charge is -2.39. The molecule has 2 saturated heterocycles. The third kappa shape index (κ3) is 6.61. The SMILES string of the molecule is CCNC(=NCC(C)N1CCN(c2ccccc2)CC1)NC1CCN(C(C)C)CC1. The molecule has 0 radical (unpaired) electrons. The molecule has 0 spiro atoms. The maximum atomic E-state index is 4.94. The van der Waals surface area contributed by atoms with Crippen molar-refractivity contribution in [3.05, 3.63) is 30.3 Å². The van der Waals surface area contributed by atoms with Crippen LogP contribution in [-0.2, 0) is 0 Å².